The first-order chi connectivity index (χ1) is 13.0. The van der Waals surface area contributed by atoms with Crippen molar-refractivity contribution in [2.24, 2.45) is 5.92 Å². The maximum atomic E-state index is 12.8. The molecule has 1 atom stereocenters. The van der Waals surface area contributed by atoms with Gasteiger partial charge in [0.05, 0.1) is 12.7 Å². The summed E-state index contributed by atoms with van der Waals surface area (Å²) < 4.78 is 11.0. The molecular formula is C21H31N3O3. The second-order valence-electron chi connectivity index (χ2n) is 7.45. The molecule has 1 N–H and O–H groups in total. The van der Waals surface area contributed by atoms with E-state index in [4.69, 9.17) is 9.15 Å². The van der Waals surface area contributed by atoms with Crippen molar-refractivity contribution in [2.45, 2.75) is 20.8 Å². The van der Waals surface area contributed by atoms with Gasteiger partial charge in [-0.25, -0.2) is 0 Å². The Kier molecular flexibility index (Phi) is 6.39. The fourth-order valence-corrected chi connectivity index (χ4v) is 3.76. The Morgan fingerprint density at radius 2 is 1.96 bits per heavy atom. The standard InChI is InChI=1S/C21H31N3O3/c1-5-23-8-10-24(11-9-23)14-15(2)13-22-21(25)20-16(3)27-19-7-6-17(26-4)12-18(19)20/h6-7,12,15H,5,8-11,13-14H2,1-4H3,(H,22,25). The summed E-state index contributed by atoms with van der Waals surface area (Å²) >= 11 is 0. The largest absolute Gasteiger partial charge is 0.497 e. The van der Waals surface area contributed by atoms with Gasteiger partial charge in [-0.15, -0.1) is 0 Å². The van der Waals surface area contributed by atoms with E-state index in [1.165, 1.54) is 0 Å². The zero-order chi connectivity index (χ0) is 19.4. The highest BCUT2D eigenvalue weighted by Gasteiger charge is 2.21. The number of ether oxygens (including phenoxy) is 1. The molecule has 0 saturated carbocycles. The number of hydrogen-bond donors (Lipinski definition) is 1. The number of furan rings is 1. The minimum atomic E-state index is -0.0813. The number of aryl methyl sites for hydroxylation is 1. The van der Waals surface area contributed by atoms with Crippen LogP contribution in [0.5, 0.6) is 5.75 Å². The van der Waals surface area contributed by atoms with Crippen LogP contribution in [0.2, 0.25) is 0 Å². The molecule has 0 spiro atoms. The number of piperazine rings is 1. The quantitative estimate of drug-likeness (QED) is 0.809. The van der Waals surface area contributed by atoms with E-state index in [9.17, 15) is 4.79 Å². The number of methoxy groups -OCH3 is 1. The van der Waals surface area contributed by atoms with Crippen molar-refractivity contribution in [1.82, 2.24) is 15.1 Å². The lowest BCUT2D eigenvalue weighted by Crippen LogP contribution is -2.48. The summed E-state index contributed by atoms with van der Waals surface area (Å²) in [6.07, 6.45) is 0. The van der Waals surface area contributed by atoms with Crippen LogP contribution in [0, 0.1) is 12.8 Å². The van der Waals surface area contributed by atoms with E-state index in [2.05, 4.69) is 29.0 Å². The van der Waals surface area contributed by atoms with Gasteiger partial charge in [0.2, 0.25) is 0 Å². The summed E-state index contributed by atoms with van der Waals surface area (Å²) in [5.41, 5.74) is 1.31. The highest BCUT2D eigenvalue weighted by molar-refractivity contribution is 6.07. The number of amides is 1. The number of nitrogens with one attached hydrogen (secondary N) is 1. The molecule has 1 aliphatic heterocycles. The first-order valence-electron chi connectivity index (χ1n) is 9.81. The Hall–Kier alpha value is -2.05. The van der Waals surface area contributed by atoms with Crippen LogP contribution in [-0.4, -0.2) is 68.6 Å². The monoisotopic (exact) mass is 373 g/mol. The van der Waals surface area contributed by atoms with Crippen molar-refractivity contribution in [1.29, 1.82) is 0 Å². The van der Waals surface area contributed by atoms with E-state index in [0.29, 0.717) is 29.4 Å². The number of hydrogen-bond acceptors (Lipinski definition) is 5. The van der Waals surface area contributed by atoms with Gasteiger partial charge in [0.15, 0.2) is 0 Å². The smallest absolute Gasteiger partial charge is 0.255 e. The highest BCUT2D eigenvalue weighted by Crippen LogP contribution is 2.29. The predicted octanol–water partition coefficient (Wildman–Crippen LogP) is 2.75. The number of benzene rings is 1. The Labute approximate surface area is 161 Å². The molecule has 6 nitrogen and oxygen atoms in total. The maximum absolute atomic E-state index is 12.8. The Balaban J connectivity index is 1.57. The summed E-state index contributed by atoms with van der Waals surface area (Å²) in [5.74, 6) is 1.67. The third-order valence-corrected chi connectivity index (χ3v) is 5.39. The van der Waals surface area contributed by atoms with Crippen molar-refractivity contribution < 1.29 is 13.9 Å². The zero-order valence-electron chi connectivity index (χ0n) is 16.9. The van der Waals surface area contributed by atoms with E-state index in [0.717, 1.165) is 50.4 Å². The number of likely N-dealkylation sites (N-methyl/N-ethyl adjacent to an activating group) is 1. The molecule has 3 rings (SSSR count). The van der Waals surface area contributed by atoms with E-state index in [-0.39, 0.29) is 5.91 Å². The summed E-state index contributed by atoms with van der Waals surface area (Å²) in [4.78, 5) is 17.8. The van der Waals surface area contributed by atoms with E-state index >= 15 is 0 Å². The number of nitrogens with zero attached hydrogens (tertiary/aromatic N) is 2. The molecule has 148 valence electrons. The average molecular weight is 373 g/mol. The molecule has 2 heterocycles. The fourth-order valence-electron chi connectivity index (χ4n) is 3.76. The third-order valence-electron chi connectivity index (χ3n) is 5.39. The molecular weight excluding hydrogens is 342 g/mol. The lowest BCUT2D eigenvalue weighted by molar-refractivity contribution is 0.0933. The second kappa shape index (κ2) is 8.76. The van der Waals surface area contributed by atoms with Crippen LogP contribution in [0.25, 0.3) is 11.0 Å². The van der Waals surface area contributed by atoms with E-state index in [1.807, 2.05) is 25.1 Å². The molecule has 1 aromatic heterocycles. The molecule has 1 fully saturated rings. The first-order valence-corrected chi connectivity index (χ1v) is 9.81. The van der Waals surface area contributed by atoms with Gasteiger partial charge in [0, 0.05) is 44.7 Å². The Morgan fingerprint density at radius 1 is 1.26 bits per heavy atom. The molecule has 27 heavy (non-hydrogen) atoms. The van der Waals surface area contributed by atoms with E-state index < -0.39 is 0 Å². The molecule has 1 unspecified atom stereocenters. The number of rotatable bonds is 7. The van der Waals surface area contributed by atoms with Crippen LogP contribution in [0.15, 0.2) is 22.6 Å². The number of carbonyl (C=O) groups is 1. The molecule has 2 aromatic rings. The molecule has 0 radical (unpaired) electrons. The van der Waals surface area contributed by atoms with Gasteiger partial charge in [-0.2, -0.15) is 0 Å². The van der Waals surface area contributed by atoms with Gasteiger partial charge in [0.25, 0.3) is 5.91 Å². The number of carbonyl (C=O) groups excluding carboxylic acids is 1. The summed E-state index contributed by atoms with van der Waals surface area (Å²) in [7, 11) is 1.62. The van der Waals surface area contributed by atoms with Gasteiger partial charge < -0.3 is 24.3 Å². The molecule has 0 bridgehead atoms. The van der Waals surface area contributed by atoms with Gasteiger partial charge in [-0.3, -0.25) is 4.79 Å². The first kappa shape index (κ1) is 19.7. The summed E-state index contributed by atoms with van der Waals surface area (Å²) in [6.45, 7) is 13.5. The fraction of sp³-hybridized carbons (Fsp3) is 0.571. The van der Waals surface area contributed by atoms with Crippen molar-refractivity contribution in [2.75, 3.05) is 52.9 Å². The molecule has 1 saturated heterocycles. The maximum Gasteiger partial charge on any atom is 0.255 e. The zero-order valence-corrected chi connectivity index (χ0v) is 16.9. The van der Waals surface area contributed by atoms with Gasteiger partial charge >= 0.3 is 0 Å². The van der Waals surface area contributed by atoms with Crippen molar-refractivity contribution in [3.8, 4) is 5.75 Å². The highest BCUT2D eigenvalue weighted by atomic mass is 16.5. The topological polar surface area (TPSA) is 58.0 Å². The number of fused-ring (bicyclic) bond motifs is 1. The third kappa shape index (κ3) is 4.62. The molecule has 1 aromatic carbocycles. The lowest BCUT2D eigenvalue weighted by Gasteiger charge is -2.35. The van der Waals surface area contributed by atoms with Crippen LogP contribution in [0.1, 0.15) is 30.0 Å². The predicted molar refractivity (Wildman–Crippen MR) is 108 cm³/mol. The van der Waals surface area contributed by atoms with Crippen molar-refractivity contribution in [3.05, 3.63) is 29.5 Å². The van der Waals surface area contributed by atoms with Crippen LogP contribution in [0.4, 0.5) is 0 Å². The molecule has 1 amide bonds. The van der Waals surface area contributed by atoms with Crippen LogP contribution in [-0.2, 0) is 0 Å². The van der Waals surface area contributed by atoms with Crippen LogP contribution >= 0.6 is 0 Å². The van der Waals surface area contributed by atoms with Crippen molar-refractivity contribution in [3.63, 3.8) is 0 Å². The summed E-state index contributed by atoms with van der Waals surface area (Å²) in [6, 6.07) is 5.54. The molecule has 0 aliphatic carbocycles. The molecule has 6 heteroatoms. The molecule has 1 aliphatic rings. The normalized spacial score (nSPS) is 17.2. The summed E-state index contributed by atoms with van der Waals surface area (Å²) in [5, 5.41) is 3.89. The van der Waals surface area contributed by atoms with E-state index in [1.54, 1.807) is 7.11 Å². The van der Waals surface area contributed by atoms with Crippen molar-refractivity contribution >= 4 is 16.9 Å². The minimum Gasteiger partial charge on any atom is -0.497 e. The van der Waals surface area contributed by atoms with Gasteiger partial charge in [-0.05, 0) is 37.6 Å². The minimum absolute atomic E-state index is 0.0813. The lowest BCUT2D eigenvalue weighted by atomic mass is 10.1. The SMILES string of the molecule is CCN1CCN(CC(C)CNC(=O)c2c(C)oc3ccc(OC)cc23)CC1. The van der Waals surface area contributed by atoms with Crippen LogP contribution in [0.3, 0.4) is 0 Å². The van der Waals surface area contributed by atoms with Gasteiger partial charge in [-0.1, -0.05) is 13.8 Å². The van der Waals surface area contributed by atoms with Crippen LogP contribution < -0.4 is 10.1 Å². The Bertz CT molecular complexity index is 778. The van der Waals surface area contributed by atoms with Gasteiger partial charge in [0.1, 0.15) is 17.1 Å². The average Bonchev–Trinajstić information content (AvgIpc) is 3.01. The Morgan fingerprint density at radius 3 is 2.63 bits per heavy atom. The second-order valence-corrected chi connectivity index (χ2v) is 7.45.